The number of hydrogen-bond acceptors (Lipinski definition) is 1. The first kappa shape index (κ1) is 49.3. The maximum absolute atomic E-state index is 7.27. The van der Waals surface area contributed by atoms with Gasteiger partial charge in [0, 0.05) is 5.39 Å². The van der Waals surface area contributed by atoms with Gasteiger partial charge in [-0.2, -0.15) is 0 Å². The summed E-state index contributed by atoms with van der Waals surface area (Å²) in [7, 11) is 158. The summed E-state index contributed by atoms with van der Waals surface area (Å²) in [5.74, 6) is -0.905. The van der Waals surface area contributed by atoms with E-state index in [9.17, 15) is 0 Å². The topological polar surface area (TPSA) is 13.1 Å². The molecule has 0 aliphatic heterocycles. The van der Waals surface area contributed by atoms with Gasteiger partial charge in [0.15, 0.2) is 0 Å². The highest BCUT2D eigenvalue weighted by Crippen LogP contribution is 2.41. The Hall–Kier alpha value is -3.58. The van der Waals surface area contributed by atoms with Gasteiger partial charge in [0.1, 0.15) is 184 Å². The Morgan fingerprint density at radius 1 is 0.431 bits per heavy atom. The summed E-state index contributed by atoms with van der Waals surface area (Å²) in [4.78, 5) is 0. The molecule has 65 heavy (non-hydrogen) atoms. The quantitative estimate of drug-likeness (QED) is 0.0896. The Morgan fingerprint density at radius 2 is 0.800 bits per heavy atom. The first-order valence-corrected chi connectivity index (χ1v) is 19.2. The summed E-state index contributed by atoms with van der Waals surface area (Å²) < 4.78 is 6.44. The van der Waals surface area contributed by atoms with Gasteiger partial charge in [-0.05, 0) is 66.1 Å². The van der Waals surface area contributed by atoms with E-state index in [4.69, 9.17) is 193 Å². The monoisotopic (exact) mass is 766 g/mol. The molecule has 0 saturated heterocycles. The Morgan fingerprint density at radius 3 is 1.25 bits per heavy atom. The highest BCUT2D eigenvalue weighted by Gasteiger charge is 2.28. The number of fused-ring (bicyclic) bond motifs is 5. The van der Waals surface area contributed by atoms with Crippen molar-refractivity contribution in [2.75, 3.05) is 0 Å². The van der Waals surface area contributed by atoms with E-state index in [1.54, 1.807) is 0 Å². The number of hydrogen-bond donors (Lipinski definition) is 0. The molecular weight excluding hydrogens is 756 g/mol. The molecule has 0 saturated carbocycles. The molecule has 0 aliphatic carbocycles. The van der Waals surface area contributed by atoms with Crippen LogP contribution in [0.5, 0.6) is 0 Å². The summed E-state index contributed by atoms with van der Waals surface area (Å²) in [5.41, 5.74) is -1.80. The molecule has 0 bridgehead atoms. The fraction of sp³-hybridized carbons (Fsp3) is 0.0500. The second kappa shape index (κ2) is 17.8. The van der Waals surface area contributed by atoms with Crippen molar-refractivity contribution in [3.8, 4) is 11.1 Å². The highest BCUT2D eigenvalue weighted by molar-refractivity contribution is 6.75. The summed E-state index contributed by atoms with van der Waals surface area (Å²) in [6.45, 7) is 0. The van der Waals surface area contributed by atoms with Crippen molar-refractivity contribution in [1.29, 1.82) is 0 Å². The van der Waals surface area contributed by atoms with Gasteiger partial charge in [0.05, 0.1) is 15.7 Å². The van der Waals surface area contributed by atoms with Gasteiger partial charge in [0.2, 0.25) is 0 Å². The SMILES string of the molecule is [B]CC([B])\C([B])=C([B])/C=C/C(=C(/[B])c1cc2c(o1)c([B])c([B])c1c([B])c([B])c([B])c([B])c12)c1c2c([B])c([B])c([B])c([B])c2c(-c2c([B])c([B])c([B])c([B])c2[B])c2c([B])c([B])c([B])c([B])c12. The highest BCUT2D eigenvalue weighted by atomic mass is 16.3. The maximum atomic E-state index is 7.27. The van der Waals surface area contributed by atoms with Crippen LogP contribution in [-0.2, 0) is 0 Å². The molecule has 0 N–H and O–H groups in total. The fourth-order valence-corrected chi connectivity index (χ4v) is 8.19. The zero-order valence-electron chi connectivity index (χ0n) is 34.8. The van der Waals surface area contributed by atoms with Crippen LogP contribution in [0.4, 0.5) is 0 Å². The Labute approximate surface area is 412 Å². The third-order valence-corrected chi connectivity index (χ3v) is 12.0. The van der Waals surface area contributed by atoms with Gasteiger partial charge in [-0.3, -0.25) is 0 Å². The molecular formula is C40H6B24O. The minimum Gasteiger partial charge on any atom is -0.458 e. The van der Waals surface area contributed by atoms with E-state index >= 15 is 0 Å². The second-order valence-electron chi connectivity index (χ2n) is 15.5. The standard InChI is InChI=1S/C40H6B24O/c41-4-8(43)20(45)7(42)2-1-5(19(44)9-3-6-11-17(29(54)39(64)40(6)65-9)26(51)35(60)30(55)21(11)46)10-13-15(24(49)33(58)31(56)22(13)47)12(16-14(10)23(48)32(57)34(59)25(16)50)18-27(52)36(61)38(63)37(62)28(18)53/h1-3,8H,4H2/b2-1+,19-5-,20-7-. The number of allylic oxidation sites excluding steroid dienone is 5. The Kier molecular flexibility index (Phi) is 13.5. The van der Waals surface area contributed by atoms with Crippen molar-refractivity contribution in [3.63, 3.8) is 0 Å². The average Bonchev–Trinajstić information content (AvgIpc) is 3.74. The smallest absolute Gasteiger partial charge is 0.127 e. The van der Waals surface area contributed by atoms with Gasteiger partial charge < -0.3 is 4.42 Å². The lowest BCUT2D eigenvalue weighted by Gasteiger charge is -2.31. The van der Waals surface area contributed by atoms with Gasteiger partial charge in [0.25, 0.3) is 0 Å². The number of benzene rings is 6. The normalized spacial score (nSPS) is 13.3. The minimum absolute atomic E-state index is 0.0000535. The Bertz CT molecular complexity index is 3290. The predicted molar refractivity (Wildman–Crippen MR) is 303 cm³/mol. The average molecular weight is 762 g/mol. The van der Waals surface area contributed by atoms with Crippen LogP contribution in [0.3, 0.4) is 0 Å². The first-order chi connectivity index (χ1) is 30.3. The van der Waals surface area contributed by atoms with Crippen molar-refractivity contribution in [2.24, 2.45) is 0 Å². The predicted octanol–water partition coefficient (Wildman–Crippen LogP) is -13.7. The molecule has 1 atom stereocenters. The molecule has 0 fully saturated rings. The molecule has 0 amide bonds. The molecule has 48 radical (unpaired) electrons. The van der Waals surface area contributed by atoms with Crippen LogP contribution in [0.1, 0.15) is 11.3 Å². The molecule has 0 aliphatic rings. The summed E-state index contributed by atoms with van der Waals surface area (Å²) >= 11 is 0. The van der Waals surface area contributed by atoms with Gasteiger partial charge in [-0.15, -0.1) is 60.1 Å². The molecule has 6 aromatic carbocycles. The lowest BCUT2D eigenvalue weighted by molar-refractivity contribution is 0.605. The van der Waals surface area contributed by atoms with Crippen LogP contribution in [0.15, 0.2) is 33.6 Å². The van der Waals surface area contributed by atoms with Gasteiger partial charge in [-0.1, -0.05) is 78.9 Å². The lowest BCUT2D eigenvalue weighted by Crippen LogP contribution is -2.55. The summed E-state index contributed by atoms with van der Waals surface area (Å²) in [6, 6.07) is 1.52. The largest absolute Gasteiger partial charge is 0.458 e. The van der Waals surface area contributed by atoms with Crippen LogP contribution in [0.2, 0.25) is 12.1 Å². The summed E-state index contributed by atoms with van der Waals surface area (Å²) in [5, 5.41) is 0.960. The van der Waals surface area contributed by atoms with Gasteiger partial charge in [-0.25, -0.2) is 0 Å². The van der Waals surface area contributed by atoms with E-state index in [-0.39, 0.29) is 198 Å². The fourth-order valence-electron chi connectivity index (χ4n) is 8.19. The maximum Gasteiger partial charge on any atom is 0.127 e. The number of furan rings is 1. The number of rotatable bonds is 7. The van der Waals surface area contributed by atoms with E-state index in [0.29, 0.717) is 0 Å². The zero-order valence-corrected chi connectivity index (χ0v) is 34.8. The zero-order chi connectivity index (χ0) is 48.3. The molecule has 244 valence electrons. The van der Waals surface area contributed by atoms with Crippen LogP contribution >= 0.6 is 0 Å². The third-order valence-electron chi connectivity index (χ3n) is 12.0. The van der Waals surface area contributed by atoms with Crippen molar-refractivity contribution >= 4 is 346 Å². The molecule has 1 unspecified atom stereocenters. The van der Waals surface area contributed by atoms with Crippen LogP contribution in [0, 0.1) is 0 Å². The van der Waals surface area contributed by atoms with Crippen molar-refractivity contribution in [2.45, 2.75) is 12.1 Å². The molecule has 1 aromatic heterocycles. The third kappa shape index (κ3) is 7.36. The van der Waals surface area contributed by atoms with Crippen LogP contribution in [-0.4, -0.2) is 188 Å². The molecule has 0 spiro atoms. The lowest BCUT2D eigenvalue weighted by atomic mass is 9.56. The van der Waals surface area contributed by atoms with Crippen LogP contribution in [0.25, 0.3) is 65.5 Å². The summed E-state index contributed by atoms with van der Waals surface area (Å²) in [6.07, 6.45) is 2.79. The molecule has 1 nitrogen and oxygen atoms in total. The molecule has 1 heterocycles. The van der Waals surface area contributed by atoms with Crippen molar-refractivity contribution < 1.29 is 4.42 Å². The van der Waals surface area contributed by atoms with E-state index in [2.05, 4.69) is 0 Å². The van der Waals surface area contributed by atoms with Crippen molar-refractivity contribution in [3.05, 3.63) is 40.5 Å². The molecule has 7 rings (SSSR count). The molecule has 7 aromatic rings. The molecule has 25 heteroatoms. The van der Waals surface area contributed by atoms with E-state index in [1.165, 1.54) is 18.2 Å². The first-order valence-electron chi connectivity index (χ1n) is 19.2. The Balaban J connectivity index is 1.83. The minimum atomic E-state index is -0.853. The van der Waals surface area contributed by atoms with Gasteiger partial charge >= 0.3 is 0 Å². The second-order valence-corrected chi connectivity index (χ2v) is 15.5. The van der Waals surface area contributed by atoms with E-state index in [0.717, 1.165) is 0 Å². The van der Waals surface area contributed by atoms with Crippen LogP contribution < -0.4 is 104 Å². The van der Waals surface area contributed by atoms with E-state index < -0.39 is 5.82 Å². The van der Waals surface area contributed by atoms with Crippen molar-refractivity contribution in [1.82, 2.24) is 0 Å². The van der Waals surface area contributed by atoms with E-state index in [1.807, 2.05) is 0 Å².